The molecule has 0 fully saturated rings. The van der Waals surface area contributed by atoms with Gasteiger partial charge in [0, 0.05) is 31.2 Å². The standard InChI is InChI=1S/C15H22N4/c1-5-19-7-6-16-15(19)11-18(4)10-14-9-12(2)8-13(3)17-14/h6-9H,5,10-11H2,1-4H3. The van der Waals surface area contributed by atoms with E-state index in [-0.39, 0.29) is 0 Å². The Morgan fingerprint density at radius 1 is 1.21 bits per heavy atom. The van der Waals surface area contributed by atoms with E-state index in [9.17, 15) is 0 Å². The van der Waals surface area contributed by atoms with Gasteiger partial charge in [-0.05, 0) is 45.5 Å². The molecule has 2 rings (SSSR count). The number of aromatic nitrogens is 3. The summed E-state index contributed by atoms with van der Waals surface area (Å²) in [6, 6.07) is 4.25. The average Bonchev–Trinajstić information content (AvgIpc) is 2.74. The minimum absolute atomic E-state index is 0.843. The smallest absolute Gasteiger partial charge is 0.122 e. The fourth-order valence-electron chi connectivity index (χ4n) is 2.36. The van der Waals surface area contributed by atoms with E-state index in [1.165, 1.54) is 5.56 Å². The molecule has 0 bridgehead atoms. The van der Waals surface area contributed by atoms with E-state index >= 15 is 0 Å². The molecule has 102 valence electrons. The maximum Gasteiger partial charge on any atom is 0.122 e. The molecule has 2 heterocycles. The lowest BCUT2D eigenvalue weighted by Crippen LogP contribution is -2.20. The first-order chi connectivity index (χ1) is 9.08. The number of hydrogen-bond donors (Lipinski definition) is 0. The van der Waals surface area contributed by atoms with E-state index in [4.69, 9.17) is 0 Å². The number of pyridine rings is 1. The van der Waals surface area contributed by atoms with E-state index in [1.54, 1.807) is 0 Å². The Bertz CT molecular complexity index is 525. The molecule has 0 amide bonds. The Kier molecular flexibility index (Phi) is 4.32. The van der Waals surface area contributed by atoms with Crippen LogP contribution in [0.4, 0.5) is 0 Å². The normalized spacial score (nSPS) is 11.2. The monoisotopic (exact) mass is 258 g/mol. The molecule has 0 aliphatic heterocycles. The number of nitrogens with zero attached hydrogens (tertiary/aromatic N) is 4. The van der Waals surface area contributed by atoms with Crippen LogP contribution in [0.1, 0.15) is 29.7 Å². The molecule has 2 aromatic rings. The van der Waals surface area contributed by atoms with Gasteiger partial charge in [0.2, 0.25) is 0 Å². The van der Waals surface area contributed by atoms with E-state index in [0.29, 0.717) is 0 Å². The Morgan fingerprint density at radius 3 is 2.68 bits per heavy atom. The van der Waals surface area contributed by atoms with Crippen LogP contribution in [0.25, 0.3) is 0 Å². The molecule has 0 aliphatic carbocycles. The highest BCUT2D eigenvalue weighted by Gasteiger charge is 2.07. The first-order valence-corrected chi connectivity index (χ1v) is 6.71. The number of rotatable bonds is 5. The van der Waals surface area contributed by atoms with Crippen molar-refractivity contribution in [2.24, 2.45) is 0 Å². The van der Waals surface area contributed by atoms with Gasteiger partial charge in [-0.1, -0.05) is 0 Å². The lowest BCUT2D eigenvalue weighted by atomic mass is 10.2. The first kappa shape index (κ1) is 13.7. The molecule has 0 N–H and O–H groups in total. The summed E-state index contributed by atoms with van der Waals surface area (Å²) in [4.78, 5) is 11.2. The van der Waals surface area contributed by atoms with E-state index in [2.05, 4.69) is 52.5 Å². The summed E-state index contributed by atoms with van der Waals surface area (Å²) >= 11 is 0. The summed E-state index contributed by atoms with van der Waals surface area (Å²) in [7, 11) is 2.11. The van der Waals surface area contributed by atoms with Gasteiger partial charge < -0.3 is 4.57 Å². The molecule has 4 heteroatoms. The fourth-order valence-corrected chi connectivity index (χ4v) is 2.36. The van der Waals surface area contributed by atoms with Gasteiger partial charge in [-0.15, -0.1) is 0 Å². The maximum absolute atomic E-state index is 4.58. The summed E-state index contributed by atoms with van der Waals surface area (Å²) in [5, 5.41) is 0. The van der Waals surface area contributed by atoms with Crippen molar-refractivity contribution in [3.05, 3.63) is 47.3 Å². The summed E-state index contributed by atoms with van der Waals surface area (Å²) in [5.74, 6) is 1.11. The minimum atomic E-state index is 0.843. The lowest BCUT2D eigenvalue weighted by Gasteiger charge is -2.17. The SMILES string of the molecule is CCn1ccnc1CN(C)Cc1cc(C)cc(C)n1. The van der Waals surface area contributed by atoms with Crippen molar-refractivity contribution in [3.63, 3.8) is 0 Å². The van der Waals surface area contributed by atoms with Crippen LogP contribution in [-0.4, -0.2) is 26.5 Å². The van der Waals surface area contributed by atoms with Gasteiger partial charge in [-0.2, -0.15) is 0 Å². The summed E-state index contributed by atoms with van der Waals surface area (Å²) in [6.07, 6.45) is 3.89. The third kappa shape index (κ3) is 3.64. The van der Waals surface area contributed by atoms with Crippen molar-refractivity contribution in [1.29, 1.82) is 0 Å². The molecule has 0 unspecified atom stereocenters. The van der Waals surface area contributed by atoms with Gasteiger partial charge >= 0.3 is 0 Å². The van der Waals surface area contributed by atoms with Crippen LogP contribution >= 0.6 is 0 Å². The molecular formula is C15H22N4. The molecule has 0 radical (unpaired) electrons. The Morgan fingerprint density at radius 2 is 2.00 bits per heavy atom. The highest BCUT2D eigenvalue weighted by molar-refractivity contribution is 5.19. The number of aryl methyl sites for hydroxylation is 3. The average molecular weight is 258 g/mol. The van der Waals surface area contributed by atoms with Crippen LogP contribution in [0, 0.1) is 13.8 Å². The van der Waals surface area contributed by atoms with Crippen LogP contribution < -0.4 is 0 Å². The highest BCUT2D eigenvalue weighted by atomic mass is 15.2. The van der Waals surface area contributed by atoms with Crippen molar-refractivity contribution >= 4 is 0 Å². The van der Waals surface area contributed by atoms with Crippen LogP contribution in [0.3, 0.4) is 0 Å². The van der Waals surface area contributed by atoms with Crippen molar-refractivity contribution < 1.29 is 0 Å². The van der Waals surface area contributed by atoms with Gasteiger partial charge in [0.15, 0.2) is 0 Å². The van der Waals surface area contributed by atoms with Crippen LogP contribution in [-0.2, 0) is 19.6 Å². The predicted octanol–water partition coefficient (Wildman–Crippen LogP) is 2.55. The fraction of sp³-hybridized carbons (Fsp3) is 0.467. The Hall–Kier alpha value is -1.68. The molecule has 0 saturated heterocycles. The second-order valence-electron chi connectivity index (χ2n) is 5.08. The zero-order chi connectivity index (χ0) is 13.8. The van der Waals surface area contributed by atoms with Crippen LogP contribution in [0.15, 0.2) is 24.5 Å². The molecule has 0 saturated carbocycles. The third-order valence-corrected chi connectivity index (χ3v) is 3.14. The van der Waals surface area contributed by atoms with E-state index in [0.717, 1.165) is 36.8 Å². The second-order valence-corrected chi connectivity index (χ2v) is 5.08. The molecule has 19 heavy (non-hydrogen) atoms. The quantitative estimate of drug-likeness (QED) is 0.826. The molecule has 0 aliphatic rings. The largest absolute Gasteiger partial charge is 0.334 e. The molecule has 2 aromatic heterocycles. The van der Waals surface area contributed by atoms with Crippen molar-refractivity contribution in [2.75, 3.05) is 7.05 Å². The Labute approximate surface area is 115 Å². The van der Waals surface area contributed by atoms with Gasteiger partial charge in [0.25, 0.3) is 0 Å². The zero-order valence-corrected chi connectivity index (χ0v) is 12.2. The predicted molar refractivity (Wildman–Crippen MR) is 76.8 cm³/mol. The van der Waals surface area contributed by atoms with Crippen LogP contribution in [0.5, 0.6) is 0 Å². The minimum Gasteiger partial charge on any atom is -0.334 e. The summed E-state index contributed by atoms with van der Waals surface area (Å²) in [5.41, 5.74) is 3.47. The van der Waals surface area contributed by atoms with Crippen molar-refractivity contribution in [1.82, 2.24) is 19.4 Å². The van der Waals surface area contributed by atoms with Gasteiger partial charge in [-0.25, -0.2) is 4.98 Å². The number of hydrogen-bond acceptors (Lipinski definition) is 3. The second kappa shape index (κ2) is 5.97. The van der Waals surface area contributed by atoms with Crippen molar-refractivity contribution in [3.8, 4) is 0 Å². The molecule has 0 spiro atoms. The van der Waals surface area contributed by atoms with E-state index < -0.39 is 0 Å². The summed E-state index contributed by atoms with van der Waals surface area (Å²) < 4.78 is 2.17. The Balaban J connectivity index is 2.03. The van der Waals surface area contributed by atoms with Crippen molar-refractivity contribution in [2.45, 2.75) is 40.4 Å². The molecule has 0 aromatic carbocycles. The molecule has 4 nitrogen and oxygen atoms in total. The van der Waals surface area contributed by atoms with Gasteiger partial charge in [0.1, 0.15) is 5.82 Å². The third-order valence-electron chi connectivity index (χ3n) is 3.14. The first-order valence-electron chi connectivity index (χ1n) is 6.71. The summed E-state index contributed by atoms with van der Waals surface area (Å²) in [6.45, 7) is 8.94. The lowest BCUT2D eigenvalue weighted by molar-refractivity contribution is 0.301. The van der Waals surface area contributed by atoms with E-state index in [1.807, 2.05) is 19.3 Å². The number of imidazole rings is 1. The van der Waals surface area contributed by atoms with Gasteiger partial charge in [-0.3, -0.25) is 9.88 Å². The van der Waals surface area contributed by atoms with Crippen LogP contribution in [0.2, 0.25) is 0 Å². The van der Waals surface area contributed by atoms with Gasteiger partial charge in [0.05, 0.1) is 12.2 Å². The highest BCUT2D eigenvalue weighted by Crippen LogP contribution is 2.09. The molecular weight excluding hydrogens is 236 g/mol. The maximum atomic E-state index is 4.58. The zero-order valence-electron chi connectivity index (χ0n) is 12.2. The molecule has 0 atom stereocenters. The topological polar surface area (TPSA) is 34.0 Å².